The summed E-state index contributed by atoms with van der Waals surface area (Å²) in [7, 11) is 0. The Morgan fingerprint density at radius 1 is 0.591 bits per heavy atom. The van der Waals surface area contributed by atoms with Crippen LogP contribution in [0.5, 0.6) is 0 Å². The van der Waals surface area contributed by atoms with Gasteiger partial charge in [-0.25, -0.2) is 4.99 Å². The van der Waals surface area contributed by atoms with Gasteiger partial charge in [0.15, 0.2) is 11.4 Å². The lowest BCUT2D eigenvalue weighted by Crippen LogP contribution is -2.16. The molecule has 0 atom stereocenters. The minimum absolute atomic E-state index is 0.427. The van der Waals surface area contributed by atoms with E-state index in [-0.39, 0.29) is 0 Å². The van der Waals surface area contributed by atoms with Gasteiger partial charge >= 0.3 is 0 Å². The first kappa shape index (κ1) is 25.7. The summed E-state index contributed by atoms with van der Waals surface area (Å²) >= 11 is 0. The lowest BCUT2D eigenvalue weighted by atomic mass is 10.1. The number of hydrogen-bond donors (Lipinski definition) is 1. The molecule has 6 aromatic carbocycles. The van der Waals surface area contributed by atoms with Crippen LogP contribution in [0.25, 0.3) is 49.4 Å². The highest BCUT2D eigenvalue weighted by Gasteiger charge is 2.19. The van der Waals surface area contributed by atoms with E-state index in [4.69, 9.17) is 20.1 Å². The molecule has 0 fully saturated rings. The van der Waals surface area contributed by atoms with E-state index in [0.717, 1.165) is 60.7 Å². The SMILES string of the molecule is NC(=NC(=NCc1ccccc1)c1ccc(-n2c3ccccc3c3ccc4c5ccccc5oc4c32)cc1)c1ccccc1. The highest BCUT2D eigenvalue weighted by molar-refractivity contribution is 6.21. The summed E-state index contributed by atoms with van der Waals surface area (Å²) in [4.78, 5) is 9.73. The third kappa shape index (κ3) is 4.43. The van der Waals surface area contributed by atoms with Crippen LogP contribution in [0.3, 0.4) is 0 Å². The van der Waals surface area contributed by atoms with E-state index in [1.165, 1.54) is 5.39 Å². The molecule has 0 bridgehead atoms. The second kappa shape index (κ2) is 10.7. The van der Waals surface area contributed by atoms with Crippen LogP contribution in [0.2, 0.25) is 0 Å². The van der Waals surface area contributed by atoms with E-state index >= 15 is 0 Å². The van der Waals surface area contributed by atoms with Crippen LogP contribution in [-0.2, 0) is 6.54 Å². The molecule has 8 rings (SSSR count). The Morgan fingerprint density at radius 3 is 2.05 bits per heavy atom. The molecular weight excluding hydrogens is 540 g/mol. The summed E-state index contributed by atoms with van der Waals surface area (Å²) in [6.07, 6.45) is 0. The summed E-state index contributed by atoms with van der Waals surface area (Å²) in [6, 6.07) is 49.4. The standard InChI is InChI=1S/C39H28N4O/c40-38(27-13-5-2-6-14-27)42-39(41-25-26-11-3-1-4-12-26)28-19-21-29(22-20-28)43-34-17-9-7-15-30(34)32-23-24-33-31-16-8-10-18-35(31)44-37(33)36(32)43/h1-24H,25H2,(H2,40,41,42). The molecule has 2 heterocycles. The summed E-state index contributed by atoms with van der Waals surface area (Å²) in [5.41, 5.74) is 14.3. The van der Waals surface area contributed by atoms with Gasteiger partial charge < -0.3 is 14.7 Å². The quantitative estimate of drug-likeness (QED) is 0.166. The Balaban J connectivity index is 1.28. The van der Waals surface area contributed by atoms with Gasteiger partial charge in [0.1, 0.15) is 11.4 Å². The number of para-hydroxylation sites is 2. The number of benzene rings is 6. The van der Waals surface area contributed by atoms with Crippen LogP contribution in [0, 0.1) is 0 Å². The molecule has 0 spiro atoms. The molecule has 0 aliphatic carbocycles. The van der Waals surface area contributed by atoms with Gasteiger partial charge in [0.05, 0.1) is 17.6 Å². The molecule has 0 unspecified atom stereocenters. The molecule has 0 radical (unpaired) electrons. The first-order valence-electron chi connectivity index (χ1n) is 14.7. The summed E-state index contributed by atoms with van der Waals surface area (Å²) < 4.78 is 8.80. The maximum atomic E-state index is 6.51. The van der Waals surface area contributed by atoms with Crippen molar-refractivity contribution in [1.82, 2.24) is 4.57 Å². The monoisotopic (exact) mass is 568 g/mol. The second-order valence-corrected chi connectivity index (χ2v) is 10.8. The van der Waals surface area contributed by atoms with Crippen molar-refractivity contribution in [3.8, 4) is 5.69 Å². The van der Waals surface area contributed by atoms with Crippen LogP contribution in [0.4, 0.5) is 0 Å². The van der Waals surface area contributed by atoms with Gasteiger partial charge in [0, 0.05) is 38.4 Å². The molecule has 0 saturated carbocycles. The lowest BCUT2D eigenvalue weighted by Gasteiger charge is -2.10. The Bertz CT molecular complexity index is 2350. The molecule has 0 saturated heterocycles. The summed E-state index contributed by atoms with van der Waals surface area (Å²) in [5, 5.41) is 4.56. The van der Waals surface area contributed by atoms with E-state index in [1.54, 1.807) is 0 Å². The van der Waals surface area contributed by atoms with E-state index in [2.05, 4.69) is 89.5 Å². The van der Waals surface area contributed by atoms with Gasteiger partial charge in [-0.15, -0.1) is 0 Å². The number of aromatic nitrogens is 1. The lowest BCUT2D eigenvalue weighted by molar-refractivity contribution is 0.671. The minimum Gasteiger partial charge on any atom is -0.454 e. The number of hydrogen-bond acceptors (Lipinski definition) is 2. The molecule has 8 aromatic rings. The normalized spacial score (nSPS) is 12.5. The molecule has 2 N–H and O–H groups in total. The van der Waals surface area contributed by atoms with Crippen molar-refractivity contribution in [3.63, 3.8) is 0 Å². The largest absolute Gasteiger partial charge is 0.454 e. The molecule has 5 nitrogen and oxygen atoms in total. The Morgan fingerprint density at radius 2 is 1.25 bits per heavy atom. The van der Waals surface area contributed by atoms with Crippen LogP contribution in [-0.4, -0.2) is 16.2 Å². The van der Waals surface area contributed by atoms with Gasteiger partial charge in [-0.05, 0) is 48.0 Å². The second-order valence-electron chi connectivity index (χ2n) is 10.8. The van der Waals surface area contributed by atoms with E-state index in [1.807, 2.05) is 60.7 Å². The number of aliphatic imine (C=N–C) groups is 2. The molecule has 0 aliphatic heterocycles. The third-order valence-electron chi connectivity index (χ3n) is 8.11. The topological polar surface area (TPSA) is 68.8 Å². The molecule has 5 heteroatoms. The zero-order valence-electron chi connectivity index (χ0n) is 23.9. The van der Waals surface area contributed by atoms with E-state index < -0.39 is 0 Å². The maximum Gasteiger partial charge on any atom is 0.160 e. The average Bonchev–Trinajstić information content (AvgIpc) is 3.64. The summed E-state index contributed by atoms with van der Waals surface area (Å²) in [5.74, 6) is 1.01. The van der Waals surface area contributed by atoms with Gasteiger partial charge in [-0.1, -0.05) is 103 Å². The van der Waals surface area contributed by atoms with Crippen molar-refractivity contribution < 1.29 is 4.42 Å². The third-order valence-corrected chi connectivity index (χ3v) is 8.11. The molecular formula is C39H28N4O. The molecule has 44 heavy (non-hydrogen) atoms. The number of nitrogens with zero attached hydrogens (tertiary/aromatic N) is 3. The van der Waals surface area contributed by atoms with Crippen molar-refractivity contribution in [3.05, 3.63) is 162 Å². The Hall–Kier alpha value is -5.94. The van der Waals surface area contributed by atoms with Gasteiger partial charge in [0.2, 0.25) is 0 Å². The fourth-order valence-electron chi connectivity index (χ4n) is 5.99. The number of amidine groups is 2. The first-order chi connectivity index (χ1) is 21.7. The Labute approximate surface area is 254 Å². The zero-order valence-corrected chi connectivity index (χ0v) is 23.9. The number of fused-ring (bicyclic) bond motifs is 7. The predicted octanol–water partition coefficient (Wildman–Crippen LogP) is 9.04. The van der Waals surface area contributed by atoms with Gasteiger partial charge in [-0.2, -0.15) is 0 Å². The van der Waals surface area contributed by atoms with Crippen LogP contribution >= 0.6 is 0 Å². The van der Waals surface area contributed by atoms with Crippen molar-refractivity contribution in [2.75, 3.05) is 0 Å². The molecule has 0 aliphatic rings. The van der Waals surface area contributed by atoms with Crippen LogP contribution < -0.4 is 5.73 Å². The molecule has 210 valence electrons. The summed E-state index contributed by atoms with van der Waals surface area (Å²) in [6.45, 7) is 0.500. The molecule has 2 aromatic heterocycles. The molecule has 0 amide bonds. The minimum atomic E-state index is 0.427. The zero-order chi connectivity index (χ0) is 29.5. The highest BCUT2D eigenvalue weighted by atomic mass is 16.3. The van der Waals surface area contributed by atoms with Gasteiger partial charge in [0.25, 0.3) is 0 Å². The number of furan rings is 1. The average molecular weight is 569 g/mol. The highest BCUT2D eigenvalue weighted by Crippen LogP contribution is 2.40. The van der Waals surface area contributed by atoms with E-state index in [0.29, 0.717) is 18.2 Å². The number of rotatable bonds is 5. The van der Waals surface area contributed by atoms with Crippen LogP contribution in [0.1, 0.15) is 16.7 Å². The van der Waals surface area contributed by atoms with Crippen molar-refractivity contribution in [2.45, 2.75) is 6.54 Å². The smallest absolute Gasteiger partial charge is 0.160 e. The van der Waals surface area contributed by atoms with Gasteiger partial charge in [-0.3, -0.25) is 4.99 Å². The first-order valence-corrected chi connectivity index (χ1v) is 14.7. The fraction of sp³-hybridized carbons (Fsp3) is 0.0256. The number of nitrogens with two attached hydrogens (primary N) is 1. The predicted molar refractivity (Wildman–Crippen MR) is 182 cm³/mol. The fourth-order valence-corrected chi connectivity index (χ4v) is 5.99. The van der Waals surface area contributed by atoms with Crippen molar-refractivity contribution >= 4 is 55.4 Å². The van der Waals surface area contributed by atoms with E-state index in [9.17, 15) is 0 Å². The maximum absolute atomic E-state index is 6.51. The van der Waals surface area contributed by atoms with Crippen LogP contribution in [0.15, 0.2) is 160 Å². The van der Waals surface area contributed by atoms with Crippen molar-refractivity contribution in [2.24, 2.45) is 15.7 Å². The Kier molecular flexibility index (Phi) is 6.27. The van der Waals surface area contributed by atoms with Crippen molar-refractivity contribution in [1.29, 1.82) is 0 Å².